The minimum atomic E-state index is -0.364. The molecule has 0 saturated carbocycles. The van der Waals surface area contributed by atoms with Gasteiger partial charge in [-0.3, -0.25) is 4.79 Å². The number of carbonyl (C=O) groups is 1. The van der Waals surface area contributed by atoms with E-state index in [4.69, 9.17) is 5.84 Å². The van der Waals surface area contributed by atoms with Crippen LogP contribution in [0.1, 0.15) is 22.4 Å². The van der Waals surface area contributed by atoms with Crippen LogP contribution in [0.15, 0.2) is 59.8 Å². The van der Waals surface area contributed by atoms with Gasteiger partial charge in [-0.25, -0.2) is 9.07 Å². The van der Waals surface area contributed by atoms with Crippen molar-refractivity contribution in [2.45, 2.75) is 25.5 Å². The van der Waals surface area contributed by atoms with Crippen molar-refractivity contribution >= 4 is 23.5 Å². The van der Waals surface area contributed by atoms with E-state index in [2.05, 4.69) is 21.6 Å². The van der Waals surface area contributed by atoms with Gasteiger partial charge in [0.25, 0.3) is 0 Å². The van der Waals surface area contributed by atoms with Crippen molar-refractivity contribution < 1.29 is 9.18 Å². The molecular weight excluding hydrogens is 453 g/mol. The van der Waals surface area contributed by atoms with Crippen molar-refractivity contribution in [3.8, 4) is 17.5 Å². The smallest absolute Gasteiger partial charge is 0.235 e. The number of halogens is 1. The zero-order valence-electron chi connectivity index (χ0n) is 18.6. The van der Waals surface area contributed by atoms with E-state index < -0.39 is 0 Å². The normalized spacial score (nSPS) is 10.8. The number of carbonyl (C=O) groups excluding carboxylic acids is 1. The van der Waals surface area contributed by atoms with Crippen molar-refractivity contribution in [1.82, 2.24) is 19.4 Å². The molecule has 0 fully saturated rings. The van der Waals surface area contributed by atoms with Gasteiger partial charge in [0.2, 0.25) is 11.1 Å². The van der Waals surface area contributed by atoms with Crippen LogP contribution < -0.4 is 11.2 Å². The number of thioether (sulfide) groups is 1. The van der Waals surface area contributed by atoms with Crippen molar-refractivity contribution in [1.29, 1.82) is 5.26 Å². The van der Waals surface area contributed by atoms with E-state index in [1.165, 1.54) is 16.8 Å². The maximum Gasteiger partial charge on any atom is 0.235 e. The lowest BCUT2D eigenvalue weighted by Crippen LogP contribution is -2.19. The van der Waals surface area contributed by atoms with Gasteiger partial charge in [0.05, 0.1) is 11.3 Å². The second-order valence-corrected chi connectivity index (χ2v) is 8.58. The topological polar surface area (TPSA) is 115 Å². The number of rotatable bonds is 7. The third-order valence-electron chi connectivity index (χ3n) is 5.48. The molecule has 4 aromatic rings. The summed E-state index contributed by atoms with van der Waals surface area (Å²) in [5.41, 5.74) is 3.84. The molecule has 0 atom stereocenters. The van der Waals surface area contributed by atoms with Crippen molar-refractivity contribution in [3.05, 3.63) is 82.8 Å². The van der Waals surface area contributed by atoms with Gasteiger partial charge in [-0.1, -0.05) is 42.1 Å². The van der Waals surface area contributed by atoms with E-state index in [0.717, 1.165) is 28.6 Å². The molecule has 2 aromatic heterocycles. The third-order valence-corrected chi connectivity index (χ3v) is 6.42. The highest BCUT2D eigenvalue weighted by molar-refractivity contribution is 7.99. The molecule has 8 nitrogen and oxygen atoms in total. The fraction of sp³-hybridized carbons (Fsp3) is 0.167. The lowest BCUT2D eigenvalue weighted by Gasteiger charge is -2.13. The van der Waals surface area contributed by atoms with Crippen LogP contribution in [0.3, 0.4) is 0 Å². The molecule has 0 unspecified atom stereocenters. The first-order chi connectivity index (χ1) is 16.4. The fourth-order valence-corrected chi connectivity index (χ4v) is 4.22. The summed E-state index contributed by atoms with van der Waals surface area (Å²) in [6, 6.07) is 17.8. The van der Waals surface area contributed by atoms with E-state index >= 15 is 0 Å². The van der Waals surface area contributed by atoms with Crippen molar-refractivity contribution in [2.24, 2.45) is 0 Å². The van der Waals surface area contributed by atoms with Crippen LogP contribution in [-0.4, -0.2) is 31.1 Å². The van der Waals surface area contributed by atoms with Gasteiger partial charge in [0.1, 0.15) is 17.7 Å². The molecule has 0 aliphatic carbocycles. The molecule has 0 aliphatic rings. The number of amides is 1. The average molecular weight is 476 g/mol. The van der Waals surface area contributed by atoms with Gasteiger partial charge >= 0.3 is 0 Å². The Morgan fingerprint density at radius 2 is 1.85 bits per heavy atom. The number of anilines is 1. The van der Waals surface area contributed by atoms with Crippen LogP contribution in [0.5, 0.6) is 0 Å². The van der Waals surface area contributed by atoms with Gasteiger partial charge in [-0.05, 0) is 49.2 Å². The average Bonchev–Trinajstić information content (AvgIpc) is 3.31. The standard InChI is InChI=1S/C24H22FN7OS/c1-15-16(2)31(13-17-6-4-3-5-7-17)23(20(15)12-26)28-21(33)14-34-24-30-29-22(32(24)27)18-8-10-19(25)11-9-18/h3-11H,13-14,27H2,1-2H3,(H,28,33). The summed E-state index contributed by atoms with van der Waals surface area (Å²) in [5.74, 6) is 6.26. The van der Waals surface area contributed by atoms with Crippen LogP contribution in [0.2, 0.25) is 0 Å². The van der Waals surface area contributed by atoms with E-state index in [0.29, 0.717) is 34.5 Å². The molecule has 0 spiro atoms. The molecule has 0 radical (unpaired) electrons. The predicted octanol–water partition coefficient (Wildman–Crippen LogP) is 3.87. The molecule has 2 heterocycles. The molecule has 3 N–H and O–H groups in total. The van der Waals surface area contributed by atoms with Crippen LogP contribution >= 0.6 is 11.8 Å². The lowest BCUT2D eigenvalue weighted by molar-refractivity contribution is -0.113. The Morgan fingerprint density at radius 3 is 2.53 bits per heavy atom. The summed E-state index contributed by atoms with van der Waals surface area (Å²) in [6.45, 7) is 4.32. The van der Waals surface area contributed by atoms with Crippen LogP contribution in [0, 0.1) is 31.0 Å². The number of nitrogens with one attached hydrogen (secondary N) is 1. The third kappa shape index (κ3) is 4.65. The summed E-state index contributed by atoms with van der Waals surface area (Å²) in [4.78, 5) is 12.8. The molecular formula is C24H22FN7OS. The first-order valence-electron chi connectivity index (χ1n) is 10.4. The maximum atomic E-state index is 13.2. The minimum absolute atomic E-state index is 0.0121. The SMILES string of the molecule is Cc1c(C#N)c(NC(=O)CSc2nnc(-c3ccc(F)cc3)n2N)n(Cc2ccccc2)c1C. The monoisotopic (exact) mass is 475 g/mol. The fourth-order valence-electron chi connectivity index (χ4n) is 3.56. The number of nitrogens with zero attached hydrogens (tertiary/aromatic N) is 5. The number of benzene rings is 2. The Kier molecular flexibility index (Phi) is 6.65. The highest BCUT2D eigenvalue weighted by Gasteiger charge is 2.21. The molecule has 0 aliphatic heterocycles. The number of nitriles is 1. The zero-order chi connectivity index (χ0) is 24.2. The molecule has 172 valence electrons. The summed E-state index contributed by atoms with van der Waals surface area (Å²) in [6.07, 6.45) is 0. The number of aromatic nitrogens is 4. The Balaban J connectivity index is 1.50. The van der Waals surface area contributed by atoms with Gasteiger partial charge in [-0.15, -0.1) is 10.2 Å². The molecule has 2 aromatic carbocycles. The largest absolute Gasteiger partial charge is 0.335 e. The highest BCUT2D eigenvalue weighted by Crippen LogP contribution is 2.28. The van der Waals surface area contributed by atoms with Crippen molar-refractivity contribution in [3.63, 3.8) is 0 Å². The number of nitrogen functional groups attached to an aromatic ring is 1. The predicted molar refractivity (Wildman–Crippen MR) is 129 cm³/mol. The van der Waals surface area contributed by atoms with Gasteiger partial charge in [0, 0.05) is 17.8 Å². The molecule has 0 saturated heterocycles. The number of hydrogen-bond donors (Lipinski definition) is 2. The van der Waals surface area contributed by atoms with Gasteiger partial charge in [0.15, 0.2) is 5.82 Å². The first kappa shape index (κ1) is 23.1. The zero-order valence-corrected chi connectivity index (χ0v) is 19.4. The Bertz CT molecular complexity index is 1370. The van der Waals surface area contributed by atoms with Gasteiger partial charge in [-0.2, -0.15) is 5.26 Å². The van der Waals surface area contributed by atoms with Crippen LogP contribution in [-0.2, 0) is 11.3 Å². The molecule has 4 rings (SSSR count). The Labute approximate surface area is 200 Å². The summed E-state index contributed by atoms with van der Waals surface area (Å²) in [7, 11) is 0. The number of hydrogen-bond acceptors (Lipinski definition) is 6. The Morgan fingerprint density at radius 1 is 1.15 bits per heavy atom. The quantitative estimate of drug-likeness (QED) is 0.310. The minimum Gasteiger partial charge on any atom is -0.335 e. The van der Waals surface area contributed by atoms with Crippen LogP contribution in [0.25, 0.3) is 11.4 Å². The lowest BCUT2D eigenvalue weighted by atomic mass is 10.2. The molecule has 1 amide bonds. The van der Waals surface area contributed by atoms with E-state index in [1.807, 2.05) is 48.7 Å². The summed E-state index contributed by atoms with van der Waals surface area (Å²) in [5, 5.41) is 21.0. The van der Waals surface area contributed by atoms with Crippen LogP contribution in [0.4, 0.5) is 10.2 Å². The first-order valence-corrected chi connectivity index (χ1v) is 11.4. The Hall–Kier alpha value is -4.10. The van der Waals surface area contributed by atoms with E-state index in [1.54, 1.807) is 12.1 Å². The highest BCUT2D eigenvalue weighted by atomic mass is 32.2. The summed E-state index contributed by atoms with van der Waals surface area (Å²) >= 11 is 1.11. The van der Waals surface area contributed by atoms with Crippen molar-refractivity contribution in [2.75, 3.05) is 16.9 Å². The number of nitrogens with two attached hydrogens (primary N) is 1. The second-order valence-electron chi connectivity index (χ2n) is 7.64. The molecule has 10 heteroatoms. The molecule has 34 heavy (non-hydrogen) atoms. The molecule has 0 bridgehead atoms. The second kappa shape index (κ2) is 9.80. The van der Waals surface area contributed by atoms with E-state index in [-0.39, 0.29) is 17.5 Å². The van der Waals surface area contributed by atoms with E-state index in [9.17, 15) is 14.4 Å². The maximum absolute atomic E-state index is 13.2. The summed E-state index contributed by atoms with van der Waals surface area (Å²) < 4.78 is 16.4. The van der Waals surface area contributed by atoms with Gasteiger partial charge < -0.3 is 15.7 Å².